The Bertz CT molecular complexity index is 1350. The maximum absolute atomic E-state index is 14.3. The van der Waals surface area contributed by atoms with Crippen LogP contribution in [0.1, 0.15) is 53.4 Å². The first kappa shape index (κ1) is 52.7. The third kappa shape index (κ3) is 11.2. The summed E-state index contributed by atoms with van der Waals surface area (Å²) >= 11 is 0. The Kier molecular flexibility index (Phi) is 22.8. The standard InChI is InChI=1S/C22H53O7P23/c1-6-7-8-14-21(5)9-13(29-43(45(31)32)51(42-30)47(35)36)15-11(2)12(28-44(50(41)46(33)34)52(48(37)38)49(39)40)10-22(20(15,3)4)17(26-19(24)27-22)16(21)18(23)25-14/h6,12-14,16-17,42H,1,7-10,30-41H2,2-5H3/t12?,13?,14?,16?,17?,21-,22?,43?,44?,50?,51?/m1/s1. The van der Waals surface area contributed by atoms with Crippen LogP contribution < -0.4 is 0 Å². The van der Waals surface area contributed by atoms with Crippen LogP contribution in [0.2, 0.25) is 0 Å². The van der Waals surface area contributed by atoms with Crippen molar-refractivity contribution in [3.8, 4) is 0 Å². The van der Waals surface area contributed by atoms with Crippen LogP contribution in [0.4, 0.5) is 4.79 Å². The molecule has 2 saturated heterocycles. The lowest BCUT2D eigenvalue weighted by molar-refractivity contribution is -0.156. The second-order valence-corrected chi connectivity index (χ2v) is 96.6. The summed E-state index contributed by atoms with van der Waals surface area (Å²) in [5.74, 6) is -1.03. The third-order valence-electron chi connectivity index (χ3n) is 10.0. The second kappa shape index (κ2) is 22.5. The number of allylic oxidation sites excluding steroid dienone is 1. The molecule has 0 amide bonds. The molecule has 298 valence electrons. The molecule has 52 heavy (non-hydrogen) atoms. The van der Waals surface area contributed by atoms with E-state index in [1.54, 1.807) is 0 Å². The lowest BCUT2D eigenvalue weighted by atomic mass is 9.51. The molecule has 1 spiro atoms. The van der Waals surface area contributed by atoms with E-state index < -0.39 is 98.6 Å². The van der Waals surface area contributed by atoms with Crippen LogP contribution in [0.3, 0.4) is 0 Å². The predicted molar refractivity (Wildman–Crippen MR) is 294 cm³/mol. The van der Waals surface area contributed by atoms with Gasteiger partial charge in [0, 0.05) is 38.2 Å². The molecule has 3 fully saturated rings. The summed E-state index contributed by atoms with van der Waals surface area (Å²) < 4.78 is 34.4. The number of ether oxygens (including phenoxy) is 3. The molecule has 24 atom stereocenters. The van der Waals surface area contributed by atoms with Gasteiger partial charge in [-0.15, -0.1) is 105 Å². The lowest BCUT2D eigenvalue weighted by Crippen LogP contribution is -2.65. The molecule has 2 aliphatic heterocycles. The van der Waals surface area contributed by atoms with Crippen molar-refractivity contribution >= 4 is 198 Å². The zero-order valence-electron chi connectivity index (χ0n) is 29.3. The van der Waals surface area contributed by atoms with Crippen molar-refractivity contribution in [1.82, 2.24) is 0 Å². The van der Waals surface area contributed by atoms with Gasteiger partial charge in [0.05, 0.1) is 27.3 Å². The van der Waals surface area contributed by atoms with Crippen molar-refractivity contribution in [2.75, 3.05) is 0 Å². The van der Waals surface area contributed by atoms with E-state index >= 15 is 0 Å². The maximum atomic E-state index is 14.3. The minimum atomic E-state index is -1.17. The molecule has 2 heterocycles. The van der Waals surface area contributed by atoms with Gasteiger partial charge in [0.25, 0.3) is 0 Å². The maximum Gasteiger partial charge on any atom is 0.509 e. The second-order valence-electron chi connectivity index (χ2n) is 13.3. The SMILES string of the molecule is C=CCCC1OC(=O)C2C3OC(=O)OC34CC(OP(P(P)P(P)P)P(P(P)P)P(P)P)C(C)=C(C(OP(P(P)P)P(PP)P(P)P)C[C@]12C)C4(C)C. The summed E-state index contributed by atoms with van der Waals surface area (Å²) in [6.45, 7) is 9.07. The summed E-state index contributed by atoms with van der Waals surface area (Å²) in [6, 6.07) is 0. The van der Waals surface area contributed by atoms with Crippen LogP contribution in [-0.4, -0.2) is 42.1 Å². The smallest absolute Gasteiger partial charge is 0.461 e. The Labute approximate surface area is 352 Å². The van der Waals surface area contributed by atoms with E-state index in [4.69, 9.17) is 23.3 Å². The van der Waals surface area contributed by atoms with E-state index in [-0.39, 0.29) is 31.3 Å². The van der Waals surface area contributed by atoms with Gasteiger partial charge in [-0.05, 0) is 72.3 Å². The van der Waals surface area contributed by atoms with E-state index in [1.807, 2.05) is 6.08 Å². The summed E-state index contributed by atoms with van der Waals surface area (Å²) in [5, 5.41) is 0. The van der Waals surface area contributed by atoms with Gasteiger partial charge in [-0.3, -0.25) is 4.79 Å². The van der Waals surface area contributed by atoms with Gasteiger partial charge in [0.1, 0.15) is 12.0 Å². The topological polar surface area (TPSA) is 80.3 Å². The molecule has 4 aliphatic rings. The van der Waals surface area contributed by atoms with Gasteiger partial charge in [-0.25, -0.2) is 4.79 Å². The molecule has 2 aliphatic carbocycles. The Hall–Kier alpha value is 8.03. The van der Waals surface area contributed by atoms with Gasteiger partial charge >= 0.3 is 12.1 Å². The summed E-state index contributed by atoms with van der Waals surface area (Å²) in [5.41, 5.74) is -0.266. The molecule has 0 aromatic rings. The predicted octanol–water partition coefficient (Wildman–Crippen LogP) is 16.7. The highest BCUT2D eigenvalue weighted by atomic mass is 33.2. The first-order valence-corrected chi connectivity index (χ1v) is 55.9. The molecule has 30 heteroatoms. The van der Waals surface area contributed by atoms with Gasteiger partial charge in [0.2, 0.25) is 0 Å². The molecule has 0 aromatic carbocycles. The van der Waals surface area contributed by atoms with Crippen LogP contribution in [-0.2, 0) is 28.1 Å². The highest BCUT2D eigenvalue weighted by molar-refractivity contribution is 9.19. The van der Waals surface area contributed by atoms with E-state index in [1.165, 1.54) is 5.57 Å². The number of carbonyl (C=O) groups excluding carboxylic acids is 2. The molecular weight excluding hydrogens is 1090 g/mol. The summed E-state index contributed by atoms with van der Waals surface area (Å²) in [4.78, 5) is 27.9. The minimum absolute atomic E-state index is 0.320. The molecule has 1 saturated carbocycles. The van der Waals surface area contributed by atoms with Gasteiger partial charge in [-0.2, -0.15) is 0 Å². The van der Waals surface area contributed by atoms with Crippen LogP contribution in [0.25, 0.3) is 0 Å². The minimum Gasteiger partial charge on any atom is -0.461 e. The molecule has 23 unspecified atom stereocenters. The highest BCUT2D eigenvalue weighted by Crippen LogP contribution is 3.18. The van der Waals surface area contributed by atoms with Crippen LogP contribution >= 0.6 is 186 Å². The van der Waals surface area contributed by atoms with Crippen molar-refractivity contribution < 1.29 is 32.8 Å². The molecular formula is C22H53O7P23. The fourth-order valence-corrected chi connectivity index (χ4v) is 170. The number of hydrogen-bond acceptors (Lipinski definition) is 7. The number of cyclic esters (lactones) is 1. The van der Waals surface area contributed by atoms with E-state index in [0.29, 0.717) is 33.6 Å². The summed E-state index contributed by atoms with van der Waals surface area (Å²) in [7, 11) is 36.0. The molecule has 0 radical (unpaired) electrons. The summed E-state index contributed by atoms with van der Waals surface area (Å²) in [6.07, 6.45) is 1.60. The van der Waals surface area contributed by atoms with Crippen LogP contribution in [0.15, 0.2) is 23.8 Å². The molecule has 4 rings (SSSR count). The van der Waals surface area contributed by atoms with Crippen molar-refractivity contribution in [3.63, 3.8) is 0 Å². The van der Waals surface area contributed by atoms with Gasteiger partial charge in [0.15, 0.2) is 11.7 Å². The largest absolute Gasteiger partial charge is 0.509 e. The molecule has 0 N–H and O–H groups in total. The fraction of sp³-hybridized carbons (Fsp3) is 0.727. The zero-order valence-corrected chi connectivity index (χ0v) is 53.1. The van der Waals surface area contributed by atoms with E-state index in [0.717, 1.165) is 5.57 Å². The number of carbonyl (C=O) groups is 2. The van der Waals surface area contributed by atoms with Crippen LogP contribution in [0, 0.1) is 16.7 Å². The van der Waals surface area contributed by atoms with Gasteiger partial charge in [-0.1, -0.05) is 43.7 Å². The highest BCUT2D eigenvalue weighted by Gasteiger charge is 2.74. The number of rotatable bonds is 16. The van der Waals surface area contributed by atoms with Crippen molar-refractivity contribution in [2.45, 2.75) is 83.4 Å². The third-order valence-corrected chi connectivity index (χ3v) is 128. The number of esters is 1. The van der Waals surface area contributed by atoms with Crippen molar-refractivity contribution in [2.24, 2.45) is 16.7 Å². The molecule has 7 nitrogen and oxygen atoms in total. The Morgan fingerprint density at radius 3 is 1.94 bits per heavy atom. The molecule has 0 aromatic heterocycles. The van der Waals surface area contributed by atoms with Gasteiger partial charge < -0.3 is 23.3 Å². The average molecular weight is 1140 g/mol. The van der Waals surface area contributed by atoms with E-state index in [2.05, 4.69) is 141 Å². The Morgan fingerprint density at radius 2 is 1.44 bits per heavy atom. The first-order chi connectivity index (χ1) is 24.1. The lowest BCUT2D eigenvalue weighted by Gasteiger charge is -2.57. The first-order valence-electron chi connectivity index (χ1n) is 15.5. The monoisotopic (exact) mass is 1140 g/mol. The van der Waals surface area contributed by atoms with Crippen molar-refractivity contribution in [1.29, 1.82) is 0 Å². The number of fused-ring (bicyclic) bond motifs is 3. The Balaban J connectivity index is 2.03. The van der Waals surface area contributed by atoms with Crippen molar-refractivity contribution in [3.05, 3.63) is 23.8 Å². The fourth-order valence-electron chi connectivity index (χ4n) is 7.74. The zero-order chi connectivity index (χ0) is 39.2. The molecule has 2 bridgehead atoms. The van der Waals surface area contributed by atoms with E-state index in [9.17, 15) is 9.59 Å². The quantitative estimate of drug-likeness (QED) is 0.0865. The average Bonchev–Trinajstić information content (AvgIpc) is 3.47. The van der Waals surface area contributed by atoms with Crippen LogP contribution in [0.5, 0.6) is 0 Å². The normalized spacial score (nSPS) is 34.1. The number of hydrogen-bond donors (Lipinski definition) is 0. The Morgan fingerprint density at radius 1 is 0.846 bits per heavy atom.